The Bertz CT molecular complexity index is 1080. The fraction of sp³-hybridized carbons (Fsp3) is 0.364. The van der Waals surface area contributed by atoms with Crippen LogP contribution in [0, 0.1) is 0 Å². The van der Waals surface area contributed by atoms with Crippen LogP contribution in [0.1, 0.15) is 15.9 Å². The van der Waals surface area contributed by atoms with Crippen molar-refractivity contribution in [2.45, 2.75) is 0 Å². The number of benzene rings is 2. The van der Waals surface area contributed by atoms with Crippen LogP contribution in [-0.2, 0) is 4.74 Å². The summed E-state index contributed by atoms with van der Waals surface area (Å²) in [6.45, 7) is 4.55. The molecule has 0 radical (unpaired) electrons. The van der Waals surface area contributed by atoms with E-state index in [2.05, 4.69) is 26.3 Å². The van der Waals surface area contributed by atoms with Crippen molar-refractivity contribution in [3.05, 3.63) is 41.5 Å². The molecule has 7 heteroatoms. The third-order valence-electron chi connectivity index (χ3n) is 5.60. The van der Waals surface area contributed by atoms with E-state index in [1.807, 2.05) is 38.4 Å². The molecule has 1 aliphatic carbocycles. The molecule has 1 N–H and O–H groups in total. The van der Waals surface area contributed by atoms with Crippen molar-refractivity contribution >= 4 is 28.1 Å². The zero-order chi connectivity index (χ0) is 20.0. The van der Waals surface area contributed by atoms with Gasteiger partial charge in [-0.05, 0) is 20.2 Å². The number of hydrogen-bond acceptors (Lipinski definition) is 7. The number of ether oxygens (including phenoxy) is 1. The predicted octanol–water partition coefficient (Wildman–Crippen LogP) is 2.85. The lowest BCUT2D eigenvalue weighted by Crippen LogP contribution is -2.36. The van der Waals surface area contributed by atoms with Gasteiger partial charge in [0.1, 0.15) is 5.52 Å². The highest BCUT2D eigenvalue weighted by molar-refractivity contribution is 6.28. The number of ketones is 1. The number of fused-ring (bicyclic) bond motifs is 2. The van der Waals surface area contributed by atoms with Gasteiger partial charge < -0.3 is 24.4 Å². The van der Waals surface area contributed by atoms with Crippen LogP contribution in [0.5, 0.6) is 0 Å². The lowest BCUT2D eigenvalue weighted by Gasteiger charge is -2.30. The summed E-state index contributed by atoms with van der Waals surface area (Å²) < 4.78 is 11.3. The summed E-state index contributed by atoms with van der Waals surface area (Å²) in [5, 5.41) is 8.70. The van der Waals surface area contributed by atoms with E-state index in [9.17, 15) is 4.79 Å². The highest BCUT2D eigenvalue weighted by atomic mass is 16.5. The molecule has 2 heterocycles. The van der Waals surface area contributed by atoms with Crippen LogP contribution in [0.2, 0.25) is 0 Å². The summed E-state index contributed by atoms with van der Waals surface area (Å²) in [7, 11) is 4.07. The first-order valence-electron chi connectivity index (χ1n) is 9.97. The number of hydrogen-bond donors (Lipinski definition) is 1. The first kappa shape index (κ1) is 18.1. The molecule has 7 nitrogen and oxygen atoms in total. The average Bonchev–Trinajstić information content (AvgIpc) is 3.18. The van der Waals surface area contributed by atoms with E-state index in [-0.39, 0.29) is 5.78 Å². The van der Waals surface area contributed by atoms with Gasteiger partial charge in [0.25, 0.3) is 0 Å². The molecule has 5 rings (SSSR count). The maximum absolute atomic E-state index is 13.4. The molecule has 1 fully saturated rings. The zero-order valence-electron chi connectivity index (χ0n) is 16.7. The maximum Gasteiger partial charge on any atom is 0.196 e. The minimum Gasteiger partial charge on any atom is -0.383 e. The van der Waals surface area contributed by atoms with Gasteiger partial charge in [-0.25, -0.2) is 0 Å². The second kappa shape index (κ2) is 7.17. The molecule has 0 amide bonds. The normalized spacial score (nSPS) is 15.8. The number of anilines is 2. The van der Waals surface area contributed by atoms with Crippen molar-refractivity contribution in [2.75, 3.05) is 63.7 Å². The molecule has 0 atom stereocenters. The molecule has 29 heavy (non-hydrogen) atoms. The van der Waals surface area contributed by atoms with Crippen molar-refractivity contribution in [3.8, 4) is 11.3 Å². The summed E-state index contributed by atoms with van der Waals surface area (Å²) in [6, 6.07) is 9.64. The molecule has 2 aromatic carbocycles. The molecule has 0 spiro atoms. The molecular weight excluding hydrogens is 368 g/mol. The first-order valence-corrected chi connectivity index (χ1v) is 9.97. The molecule has 1 saturated heterocycles. The van der Waals surface area contributed by atoms with Crippen LogP contribution >= 0.6 is 0 Å². The number of rotatable bonds is 5. The van der Waals surface area contributed by atoms with Crippen LogP contribution in [0.4, 0.5) is 11.4 Å². The maximum atomic E-state index is 13.4. The number of aromatic nitrogens is 1. The summed E-state index contributed by atoms with van der Waals surface area (Å²) in [4.78, 5) is 17.8. The fourth-order valence-corrected chi connectivity index (χ4v) is 4.14. The van der Waals surface area contributed by atoms with Crippen LogP contribution in [0.15, 0.2) is 34.9 Å². The Kier molecular flexibility index (Phi) is 4.49. The molecule has 1 aliphatic heterocycles. The smallest absolute Gasteiger partial charge is 0.196 e. The third-order valence-corrected chi connectivity index (χ3v) is 5.60. The zero-order valence-corrected chi connectivity index (χ0v) is 16.7. The van der Waals surface area contributed by atoms with Gasteiger partial charge in [-0.2, -0.15) is 0 Å². The molecule has 0 saturated carbocycles. The SMILES string of the molecule is CN(C)CCNc1cc(N2CCOCC2)c2noc3c2c1C(=O)c1ccccc1-3. The van der Waals surface area contributed by atoms with E-state index >= 15 is 0 Å². The fourth-order valence-electron chi connectivity index (χ4n) is 4.14. The summed E-state index contributed by atoms with van der Waals surface area (Å²) in [5.74, 6) is 0.693. The van der Waals surface area contributed by atoms with E-state index in [1.54, 1.807) is 0 Å². The lowest BCUT2D eigenvalue weighted by atomic mass is 9.86. The number of carbonyl (C=O) groups excluding carboxylic acids is 1. The van der Waals surface area contributed by atoms with Gasteiger partial charge in [0, 0.05) is 43.0 Å². The molecule has 1 aromatic heterocycles. The van der Waals surface area contributed by atoms with E-state index in [1.165, 1.54) is 0 Å². The van der Waals surface area contributed by atoms with E-state index in [0.717, 1.165) is 54.0 Å². The highest BCUT2D eigenvalue weighted by Gasteiger charge is 2.33. The molecule has 0 unspecified atom stereocenters. The number of likely N-dealkylation sites (N-methyl/N-ethyl adjacent to an activating group) is 1. The topological polar surface area (TPSA) is 70.8 Å². The molecular formula is C22H24N4O3. The first-order chi connectivity index (χ1) is 14.1. The summed E-state index contributed by atoms with van der Waals surface area (Å²) in [6.07, 6.45) is 0. The van der Waals surface area contributed by atoms with Gasteiger partial charge in [0.15, 0.2) is 11.5 Å². The summed E-state index contributed by atoms with van der Waals surface area (Å²) >= 11 is 0. The molecule has 3 aromatic rings. The van der Waals surface area contributed by atoms with Gasteiger partial charge in [-0.3, -0.25) is 4.79 Å². The average molecular weight is 392 g/mol. The van der Waals surface area contributed by atoms with E-state index in [4.69, 9.17) is 9.26 Å². The Morgan fingerprint density at radius 2 is 1.93 bits per heavy atom. The molecule has 2 aliphatic rings. The Morgan fingerprint density at radius 3 is 2.69 bits per heavy atom. The minimum atomic E-state index is 0.0159. The minimum absolute atomic E-state index is 0.0159. The number of carbonyl (C=O) groups is 1. The largest absolute Gasteiger partial charge is 0.383 e. The molecule has 0 bridgehead atoms. The van der Waals surface area contributed by atoms with Crippen LogP contribution < -0.4 is 10.2 Å². The van der Waals surface area contributed by atoms with E-state index in [0.29, 0.717) is 30.1 Å². The Labute approximate surface area is 169 Å². The van der Waals surface area contributed by atoms with Crippen molar-refractivity contribution in [1.29, 1.82) is 0 Å². The number of morpholine rings is 1. The third kappa shape index (κ3) is 2.97. The standard InChI is InChI=1S/C22H24N4O3/c1-25(2)8-7-23-16-13-17(26-9-11-28-12-10-26)20-19-18(16)21(27)14-5-3-4-6-15(14)22(19)29-24-20/h3-6,13,23H,7-12H2,1-2H3. The Morgan fingerprint density at radius 1 is 1.17 bits per heavy atom. The van der Waals surface area contributed by atoms with Gasteiger partial charge >= 0.3 is 0 Å². The van der Waals surface area contributed by atoms with Crippen LogP contribution in [-0.4, -0.2) is 69.3 Å². The lowest BCUT2D eigenvalue weighted by molar-refractivity contribution is 0.104. The van der Waals surface area contributed by atoms with Crippen molar-refractivity contribution in [2.24, 2.45) is 0 Å². The van der Waals surface area contributed by atoms with Gasteiger partial charge in [0.2, 0.25) is 0 Å². The van der Waals surface area contributed by atoms with Crippen LogP contribution in [0.25, 0.3) is 22.2 Å². The van der Waals surface area contributed by atoms with Gasteiger partial charge in [-0.15, -0.1) is 0 Å². The Hall–Kier alpha value is -2.90. The van der Waals surface area contributed by atoms with Gasteiger partial charge in [-0.1, -0.05) is 29.4 Å². The van der Waals surface area contributed by atoms with Gasteiger partial charge in [0.05, 0.1) is 29.9 Å². The highest BCUT2D eigenvalue weighted by Crippen LogP contribution is 2.45. The number of nitrogens with zero attached hydrogens (tertiary/aromatic N) is 3. The van der Waals surface area contributed by atoms with Crippen molar-refractivity contribution in [1.82, 2.24) is 10.1 Å². The Balaban J connectivity index is 1.71. The monoisotopic (exact) mass is 392 g/mol. The van der Waals surface area contributed by atoms with Crippen molar-refractivity contribution < 1.29 is 14.1 Å². The second-order valence-corrected chi connectivity index (χ2v) is 7.76. The van der Waals surface area contributed by atoms with E-state index < -0.39 is 0 Å². The van der Waals surface area contributed by atoms with Crippen molar-refractivity contribution in [3.63, 3.8) is 0 Å². The predicted molar refractivity (Wildman–Crippen MR) is 113 cm³/mol. The quantitative estimate of drug-likeness (QED) is 0.560. The van der Waals surface area contributed by atoms with Crippen LogP contribution in [0.3, 0.4) is 0 Å². The summed E-state index contributed by atoms with van der Waals surface area (Å²) in [5.41, 5.74) is 4.70. The molecule has 150 valence electrons. The second-order valence-electron chi connectivity index (χ2n) is 7.76. The number of nitrogens with one attached hydrogen (secondary N) is 1.